The van der Waals surface area contributed by atoms with E-state index in [1.807, 2.05) is 0 Å². The van der Waals surface area contributed by atoms with Gasteiger partial charge in [0.05, 0.1) is 0 Å². The van der Waals surface area contributed by atoms with Gasteiger partial charge in [0.1, 0.15) is 0 Å². The largest absolute Gasteiger partial charge is 0.351 e. The summed E-state index contributed by atoms with van der Waals surface area (Å²) >= 11 is 0. The van der Waals surface area contributed by atoms with E-state index < -0.39 is 11.8 Å². The lowest BCUT2D eigenvalue weighted by molar-refractivity contribution is -0.139. The molecule has 2 unspecified atom stereocenters. The molecule has 2 aliphatic rings. The van der Waals surface area contributed by atoms with Crippen LogP contribution in [-0.4, -0.2) is 24.9 Å². The van der Waals surface area contributed by atoms with Crippen LogP contribution < -0.4 is 10.6 Å². The van der Waals surface area contributed by atoms with Gasteiger partial charge in [-0.3, -0.25) is 9.59 Å². The molecule has 0 aromatic rings. The van der Waals surface area contributed by atoms with E-state index in [9.17, 15) is 9.59 Å². The average molecular weight is 182 g/mol. The maximum atomic E-state index is 11.1. The lowest BCUT2D eigenvalue weighted by Crippen LogP contribution is -2.40. The van der Waals surface area contributed by atoms with Crippen molar-refractivity contribution in [2.75, 3.05) is 7.05 Å². The van der Waals surface area contributed by atoms with Crippen LogP contribution in [0.15, 0.2) is 0 Å². The van der Waals surface area contributed by atoms with Gasteiger partial charge in [-0.05, 0) is 24.7 Å². The van der Waals surface area contributed by atoms with Gasteiger partial charge in [-0.1, -0.05) is 6.42 Å². The van der Waals surface area contributed by atoms with E-state index in [2.05, 4.69) is 10.6 Å². The number of hydrogen-bond donors (Lipinski definition) is 2. The molecule has 2 aliphatic carbocycles. The Bertz CT molecular complexity index is 242. The van der Waals surface area contributed by atoms with E-state index in [1.54, 1.807) is 0 Å². The molecule has 0 aromatic carbocycles. The number of carbonyl (C=O) groups is 2. The number of rotatable bonds is 1. The fourth-order valence-corrected chi connectivity index (χ4v) is 2.37. The number of fused-ring (bicyclic) bond motifs is 1. The molecule has 0 radical (unpaired) electrons. The first-order chi connectivity index (χ1) is 6.24. The van der Waals surface area contributed by atoms with Crippen molar-refractivity contribution in [3.8, 4) is 0 Å². The van der Waals surface area contributed by atoms with Gasteiger partial charge in [-0.25, -0.2) is 0 Å². The van der Waals surface area contributed by atoms with Gasteiger partial charge < -0.3 is 10.6 Å². The second-order valence-electron chi connectivity index (χ2n) is 3.84. The number of hydrogen-bond acceptors (Lipinski definition) is 2. The normalized spacial score (nSPS) is 35.0. The third kappa shape index (κ3) is 1.41. The predicted octanol–water partition coefficient (Wildman–Crippen LogP) is -0.353. The van der Waals surface area contributed by atoms with Crippen LogP contribution in [0.4, 0.5) is 0 Å². The van der Waals surface area contributed by atoms with Crippen molar-refractivity contribution >= 4 is 11.8 Å². The van der Waals surface area contributed by atoms with E-state index in [-0.39, 0.29) is 0 Å². The highest BCUT2D eigenvalue weighted by Crippen LogP contribution is 2.51. The molecule has 2 atom stereocenters. The highest BCUT2D eigenvalue weighted by molar-refractivity contribution is 6.35. The van der Waals surface area contributed by atoms with Crippen LogP contribution in [0.1, 0.15) is 19.3 Å². The molecular formula is C9H14N2O2. The summed E-state index contributed by atoms with van der Waals surface area (Å²) in [6, 6.07) is 0.290. The maximum Gasteiger partial charge on any atom is 0.309 e. The summed E-state index contributed by atoms with van der Waals surface area (Å²) < 4.78 is 0. The fourth-order valence-electron chi connectivity index (χ4n) is 2.37. The minimum absolute atomic E-state index is 0.290. The number of likely N-dealkylation sites (N-methyl/N-ethyl adjacent to an activating group) is 1. The molecule has 0 saturated heterocycles. The predicted molar refractivity (Wildman–Crippen MR) is 46.8 cm³/mol. The molecule has 4 heteroatoms. The van der Waals surface area contributed by atoms with Crippen molar-refractivity contribution in [1.29, 1.82) is 0 Å². The molecule has 0 heterocycles. The smallest absolute Gasteiger partial charge is 0.309 e. The lowest BCUT2D eigenvalue weighted by Gasteiger charge is -2.04. The second kappa shape index (κ2) is 3.01. The molecule has 13 heavy (non-hydrogen) atoms. The Morgan fingerprint density at radius 3 is 2.31 bits per heavy atom. The van der Waals surface area contributed by atoms with Crippen LogP contribution in [0, 0.1) is 11.8 Å². The zero-order valence-corrected chi connectivity index (χ0v) is 7.67. The molecule has 72 valence electrons. The SMILES string of the molecule is CNC(=O)C(=O)NC1C2CCCC21. The van der Waals surface area contributed by atoms with Crippen molar-refractivity contribution < 1.29 is 9.59 Å². The summed E-state index contributed by atoms with van der Waals surface area (Å²) in [5.74, 6) is 0.300. The van der Waals surface area contributed by atoms with Gasteiger partial charge in [0.25, 0.3) is 0 Å². The standard InChI is InChI=1S/C9H14N2O2/c1-10-8(12)9(13)11-7-5-3-2-4-6(5)7/h5-7H,2-4H2,1H3,(H,10,12)(H,11,13). The summed E-state index contributed by atoms with van der Waals surface area (Å²) in [4.78, 5) is 22.0. The van der Waals surface area contributed by atoms with Crippen LogP contribution in [0.2, 0.25) is 0 Å². The van der Waals surface area contributed by atoms with E-state index in [4.69, 9.17) is 0 Å². The summed E-state index contributed by atoms with van der Waals surface area (Å²) in [5.41, 5.74) is 0. The van der Waals surface area contributed by atoms with Crippen LogP contribution in [-0.2, 0) is 9.59 Å². The lowest BCUT2D eigenvalue weighted by atomic mass is 10.2. The highest BCUT2D eigenvalue weighted by atomic mass is 16.2. The Kier molecular flexibility index (Phi) is 1.98. The zero-order valence-electron chi connectivity index (χ0n) is 7.67. The average Bonchev–Trinajstić information content (AvgIpc) is 2.63. The summed E-state index contributed by atoms with van der Waals surface area (Å²) in [7, 11) is 1.47. The van der Waals surface area contributed by atoms with E-state index in [1.165, 1.54) is 26.3 Å². The third-order valence-electron chi connectivity index (χ3n) is 3.14. The van der Waals surface area contributed by atoms with Gasteiger partial charge in [-0.2, -0.15) is 0 Å². The summed E-state index contributed by atoms with van der Waals surface area (Å²) in [5, 5.41) is 5.07. The van der Waals surface area contributed by atoms with Crippen LogP contribution in [0.25, 0.3) is 0 Å². The topological polar surface area (TPSA) is 58.2 Å². The highest BCUT2D eigenvalue weighted by Gasteiger charge is 2.53. The van der Waals surface area contributed by atoms with Crippen LogP contribution >= 0.6 is 0 Å². The zero-order chi connectivity index (χ0) is 9.42. The first kappa shape index (κ1) is 8.53. The number of amides is 2. The van der Waals surface area contributed by atoms with Gasteiger partial charge in [-0.15, -0.1) is 0 Å². The quantitative estimate of drug-likeness (QED) is 0.544. The minimum atomic E-state index is -0.537. The first-order valence-corrected chi connectivity index (χ1v) is 4.76. The van der Waals surface area contributed by atoms with Crippen molar-refractivity contribution in [1.82, 2.24) is 10.6 Å². The molecule has 4 nitrogen and oxygen atoms in total. The Morgan fingerprint density at radius 1 is 1.15 bits per heavy atom. The molecular weight excluding hydrogens is 168 g/mol. The Hall–Kier alpha value is -1.06. The summed E-state index contributed by atoms with van der Waals surface area (Å²) in [6.07, 6.45) is 3.70. The monoisotopic (exact) mass is 182 g/mol. The van der Waals surface area contributed by atoms with Gasteiger partial charge in [0, 0.05) is 13.1 Å². The molecule has 2 N–H and O–H groups in total. The molecule has 2 saturated carbocycles. The third-order valence-corrected chi connectivity index (χ3v) is 3.14. The Balaban J connectivity index is 1.80. The number of carbonyl (C=O) groups excluding carboxylic acids is 2. The van der Waals surface area contributed by atoms with Crippen molar-refractivity contribution in [3.05, 3.63) is 0 Å². The first-order valence-electron chi connectivity index (χ1n) is 4.76. The van der Waals surface area contributed by atoms with Crippen molar-refractivity contribution in [2.45, 2.75) is 25.3 Å². The molecule has 0 aromatic heterocycles. The Morgan fingerprint density at radius 2 is 1.77 bits per heavy atom. The van der Waals surface area contributed by atoms with Crippen LogP contribution in [0.5, 0.6) is 0 Å². The van der Waals surface area contributed by atoms with Crippen molar-refractivity contribution in [3.63, 3.8) is 0 Å². The molecule has 2 fully saturated rings. The molecule has 0 bridgehead atoms. The second-order valence-corrected chi connectivity index (χ2v) is 3.84. The van der Waals surface area contributed by atoms with E-state index in [0.717, 1.165) is 0 Å². The number of nitrogens with one attached hydrogen (secondary N) is 2. The van der Waals surface area contributed by atoms with E-state index >= 15 is 0 Å². The van der Waals surface area contributed by atoms with Gasteiger partial charge in [0.15, 0.2) is 0 Å². The summed E-state index contributed by atoms with van der Waals surface area (Å²) in [6.45, 7) is 0. The van der Waals surface area contributed by atoms with Gasteiger partial charge >= 0.3 is 11.8 Å². The molecule has 2 rings (SSSR count). The van der Waals surface area contributed by atoms with Gasteiger partial charge in [0.2, 0.25) is 0 Å². The maximum absolute atomic E-state index is 11.1. The van der Waals surface area contributed by atoms with Crippen molar-refractivity contribution in [2.24, 2.45) is 11.8 Å². The Labute approximate surface area is 77.1 Å². The molecule has 0 spiro atoms. The molecule has 0 aliphatic heterocycles. The fraction of sp³-hybridized carbons (Fsp3) is 0.778. The van der Waals surface area contributed by atoms with Crippen LogP contribution in [0.3, 0.4) is 0 Å². The minimum Gasteiger partial charge on any atom is -0.351 e. The van der Waals surface area contributed by atoms with E-state index in [0.29, 0.717) is 17.9 Å². The molecule has 2 amide bonds.